The molecular weight excluding hydrogens is 304 g/mol. The van der Waals surface area contributed by atoms with Crippen LogP contribution < -0.4 is 20.5 Å². The van der Waals surface area contributed by atoms with Crippen LogP contribution >= 0.6 is 0 Å². The first-order valence-electron chi connectivity index (χ1n) is 7.48. The fourth-order valence-corrected chi connectivity index (χ4v) is 2.51. The van der Waals surface area contributed by atoms with E-state index < -0.39 is 0 Å². The van der Waals surface area contributed by atoms with Crippen LogP contribution in [0.3, 0.4) is 0 Å². The summed E-state index contributed by atoms with van der Waals surface area (Å²) in [6.07, 6.45) is 0. The van der Waals surface area contributed by atoms with Gasteiger partial charge in [0.2, 0.25) is 0 Å². The van der Waals surface area contributed by atoms with Gasteiger partial charge in [0, 0.05) is 18.1 Å². The number of nitrogen functional groups attached to an aromatic ring is 1. The maximum Gasteiger partial charge on any atom is 0.254 e. The molecule has 0 spiro atoms. The van der Waals surface area contributed by atoms with Gasteiger partial charge < -0.3 is 20.5 Å². The number of ether oxygens (including phenoxy) is 2. The zero-order valence-electron chi connectivity index (χ0n) is 13.5. The summed E-state index contributed by atoms with van der Waals surface area (Å²) in [6.45, 7) is 0. The number of hydrogen-bond acceptors (Lipinski definition) is 4. The van der Waals surface area contributed by atoms with Gasteiger partial charge in [-0.05, 0) is 47.9 Å². The predicted molar refractivity (Wildman–Crippen MR) is 94.8 cm³/mol. The van der Waals surface area contributed by atoms with Crippen molar-refractivity contribution in [3.8, 4) is 17.2 Å². The van der Waals surface area contributed by atoms with Crippen molar-refractivity contribution >= 4 is 22.4 Å². The molecule has 3 aromatic rings. The standard InChI is InChI=1S/C19H18N2O3/c1-21-19(22)16-11-15-12(10-18(16)23-2)4-3-5-17(15)24-14-8-6-13(20)7-9-14/h3-11H,20H2,1-2H3,(H,21,22). The van der Waals surface area contributed by atoms with Gasteiger partial charge in [-0.15, -0.1) is 0 Å². The number of hydrogen-bond donors (Lipinski definition) is 2. The molecule has 3 aromatic carbocycles. The predicted octanol–water partition coefficient (Wildman–Crippen LogP) is 3.58. The van der Waals surface area contributed by atoms with E-state index in [0.717, 1.165) is 10.8 Å². The van der Waals surface area contributed by atoms with E-state index in [4.69, 9.17) is 15.2 Å². The summed E-state index contributed by atoms with van der Waals surface area (Å²) >= 11 is 0. The number of carbonyl (C=O) groups excluding carboxylic acids is 1. The van der Waals surface area contributed by atoms with Gasteiger partial charge in [0.25, 0.3) is 5.91 Å². The lowest BCUT2D eigenvalue weighted by atomic mass is 10.0. The van der Waals surface area contributed by atoms with Crippen LogP contribution in [0.2, 0.25) is 0 Å². The van der Waals surface area contributed by atoms with E-state index in [1.807, 2.05) is 24.3 Å². The van der Waals surface area contributed by atoms with E-state index in [2.05, 4.69) is 5.32 Å². The van der Waals surface area contributed by atoms with E-state index in [1.165, 1.54) is 0 Å². The van der Waals surface area contributed by atoms with E-state index in [1.54, 1.807) is 44.5 Å². The van der Waals surface area contributed by atoms with Crippen molar-refractivity contribution in [1.29, 1.82) is 0 Å². The number of rotatable bonds is 4. The molecule has 24 heavy (non-hydrogen) atoms. The first kappa shape index (κ1) is 15.7. The van der Waals surface area contributed by atoms with Gasteiger partial charge in [0.15, 0.2) is 0 Å². The summed E-state index contributed by atoms with van der Waals surface area (Å²) in [5.41, 5.74) is 6.83. The van der Waals surface area contributed by atoms with Gasteiger partial charge in [0.1, 0.15) is 17.2 Å². The fourth-order valence-electron chi connectivity index (χ4n) is 2.51. The van der Waals surface area contributed by atoms with Crippen LogP contribution in [0, 0.1) is 0 Å². The molecule has 0 bridgehead atoms. The molecule has 3 N–H and O–H groups in total. The second-order valence-electron chi connectivity index (χ2n) is 5.28. The summed E-state index contributed by atoms with van der Waals surface area (Å²) in [5.74, 6) is 1.64. The van der Waals surface area contributed by atoms with E-state index in [0.29, 0.717) is 28.5 Å². The first-order chi connectivity index (χ1) is 11.6. The van der Waals surface area contributed by atoms with Crippen LogP contribution in [0.15, 0.2) is 54.6 Å². The van der Waals surface area contributed by atoms with Crippen molar-refractivity contribution in [2.45, 2.75) is 0 Å². The molecule has 0 aliphatic heterocycles. The molecule has 0 aromatic heterocycles. The molecule has 0 fully saturated rings. The Bertz CT molecular complexity index is 889. The molecule has 122 valence electrons. The monoisotopic (exact) mass is 322 g/mol. The maximum absolute atomic E-state index is 12.1. The zero-order valence-corrected chi connectivity index (χ0v) is 13.5. The largest absolute Gasteiger partial charge is 0.496 e. The Morgan fingerprint density at radius 2 is 1.79 bits per heavy atom. The zero-order chi connectivity index (χ0) is 17.1. The molecule has 5 heteroatoms. The summed E-state index contributed by atoms with van der Waals surface area (Å²) in [4.78, 5) is 12.1. The van der Waals surface area contributed by atoms with E-state index >= 15 is 0 Å². The van der Waals surface area contributed by atoms with Crippen LogP contribution in [0.25, 0.3) is 10.8 Å². The number of methoxy groups -OCH3 is 1. The van der Waals surface area contributed by atoms with Crippen molar-refractivity contribution in [2.24, 2.45) is 0 Å². The summed E-state index contributed by atoms with van der Waals surface area (Å²) in [5, 5.41) is 4.37. The SMILES string of the molecule is CNC(=O)c1cc2c(Oc3ccc(N)cc3)cccc2cc1OC. The number of amides is 1. The quantitative estimate of drug-likeness (QED) is 0.720. The topological polar surface area (TPSA) is 73.6 Å². The van der Waals surface area contributed by atoms with Crippen molar-refractivity contribution in [3.63, 3.8) is 0 Å². The second kappa shape index (κ2) is 6.50. The lowest BCUT2D eigenvalue weighted by Gasteiger charge is -2.13. The molecule has 0 aliphatic carbocycles. The smallest absolute Gasteiger partial charge is 0.254 e. The van der Waals surface area contributed by atoms with Gasteiger partial charge in [-0.2, -0.15) is 0 Å². The van der Waals surface area contributed by atoms with Crippen molar-refractivity contribution in [1.82, 2.24) is 5.32 Å². The fraction of sp³-hybridized carbons (Fsp3) is 0.105. The minimum atomic E-state index is -0.212. The highest BCUT2D eigenvalue weighted by Crippen LogP contribution is 2.34. The molecule has 0 aliphatic rings. The first-order valence-corrected chi connectivity index (χ1v) is 7.48. The third-order valence-electron chi connectivity index (χ3n) is 3.74. The highest BCUT2D eigenvalue weighted by Gasteiger charge is 2.14. The Hall–Kier alpha value is -3.21. The molecule has 0 saturated heterocycles. The summed E-state index contributed by atoms with van der Waals surface area (Å²) in [6, 6.07) is 16.5. The Morgan fingerprint density at radius 3 is 2.46 bits per heavy atom. The number of anilines is 1. The summed E-state index contributed by atoms with van der Waals surface area (Å²) in [7, 11) is 3.13. The van der Waals surface area contributed by atoms with E-state index in [9.17, 15) is 4.79 Å². The molecule has 3 rings (SSSR count). The van der Waals surface area contributed by atoms with E-state index in [-0.39, 0.29) is 5.91 Å². The van der Waals surface area contributed by atoms with Gasteiger partial charge in [-0.1, -0.05) is 12.1 Å². The normalized spacial score (nSPS) is 10.4. The third kappa shape index (κ3) is 2.96. The van der Waals surface area contributed by atoms with Crippen LogP contribution in [-0.2, 0) is 0 Å². The Kier molecular flexibility index (Phi) is 4.24. The maximum atomic E-state index is 12.1. The van der Waals surface area contributed by atoms with Crippen LogP contribution in [0.5, 0.6) is 17.2 Å². The Morgan fingerprint density at radius 1 is 1.04 bits per heavy atom. The number of carbonyl (C=O) groups is 1. The highest BCUT2D eigenvalue weighted by atomic mass is 16.5. The summed E-state index contributed by atoms with van der Waals surface area (Å²) < 4.78 is 11.3. The van der Waals surface area contributed by atoms with Crippen molar-refractivity contribution in [3.05, 3.63) is 60.2 Å². The van der Waals surface area contributed by atoms with Gasteiger partial charge in [-0.25, -0.2) is 0 Å². The molecule has 0 saturated carbocycles. The van der Waals surface area contributed by atoms with Gasteiger partial charge in [-0.3, -0.25) is 4.79 Å². The third-order valence-corrected chi connectivity index (χ3v) is 3.74. The van der Waals surface area contributed by atoms with Crippen molar-refractivity contribution < 1.29 is 14.3 Å². The van der Waals surface area contributed by atoms with Crippen molar-refractivity contribution in [2.75, 3.05) is 19.9 Å². The van der Waals surface area contributed by atoms with Gasteiger partial charge in [0.05, 0.1) is 12.7 Å². The molecule has 0 heterocycles. The average molecular weight is 322 g/mol. The lowest BCUT2D eigenvalue weighted by Crippen LogP contribution is -2.18. The lowest BCUT2D eigenvalue weighted by molar-refractivity contribution is 0.0960. The Balaban J connectivity index is 2.11. The number of fused-ring (bicyclic) bond motifs is 1. The number of nitrogens with one attached hydrogen (secondary N) is 1. The van der Waals surface area contributed by atoms with Gasteiger partial charge >= 0.3 is 0 Å². The molecule has 0 atom stereocenters. The van der Waals surface area contributed by atoms with Crippen LogP contribution in [0.1, 0.15) is 10.4 Å². The Labute approximate surface area is 140 Å². The highest BCUT2D eigenvalue weighted by molar-refractivity contribution is 6.03. The minimum absolute atomic E-state index is 0.212. The number of benzene rings is 3. The van der Waals surface area contributed by atoms with Crippen LogP contribution in [-0.4, -0.2) is 20.1 Å². The average Bonchev–Trinajstić information content (AvgIpc) is 2.62. The van der Waals surface area contributed by atoms with Crippen LogP contribution in [0.4, 0.5) is 5.69 Å². The molecule has 5 nitrogen and oxygen atoms in total. The molecule has 0 unspecified atom stereocenters. The minimum Gasteiger partial charge on any atom is -0.496 e. The number of nitrogens with two attached hydrogens (primary N) is 1. The second-order valence-corrected chi connectivity index (χ2v) is 5.28. The molecule has 1 amide bonds. The molecular formula is C19H18N2O3. The molecule has 0 radical (unpaired) electrons.